The third-order valence-corrected chi connectivity index (χ3v) is 4.63. The zero-order valence-electron chi connectivity index (χ0n) is 14.6. The summed E-state index contributed by atoms with van der Waals surface area (Å²) >= 11 is 6.16. The van der Waals surface area contributed by atoms with E-state index in [4.69, 9.17) is 25.8 Å². The average molecular weight is 376 g/mol. The Morgan fingerprint density at radius 2 is 1.85 bits per heavy atom. The Morgan fingerprint density at radius 3 is 2.58 bits per heavy atom. The van der Waals surface area contributed by atoms with Gasteiger partial charge in [-0.15, -0.1) is 0 Å². The quantitative estimate of drug-likeness (QED) is 0.823. The highest BCUT2D eigenvalue weighted by atomic mass is 35.5. The van der Waals surface area contributed by atoms with Gasteiger partial charge in [0.1, 0.15) is 0 Å². The molecule has 26 heavy (non-hydrogen) atoms. The number of carbonyl (C=O) groups is 2. The van der Waals surface area contributed by atoms with Crippen LogP contribution in [0.25, 0.3) is 0 Å². The lowest BCUT2D eigenvalue weighted by molar-refractivity contribution is -0.120. The number of fused-ring (bicyclic) bond motifs is 1. The van der Waals surface area contributed by atoms with Crippen LogP contribution in [0.3, 0.4) is 0 Å². The Morgan fingerprint density at radius 1 is 1.12 bits per heavy atom. The summed E-state index contributed by atoms with van der Waals surface area (Å²) in [6, 6.07) is 9.94. The first-order valence-corrected chi connectivity index (χ1v) is 8.30. The molecule has 0 saturated heterocycles. The average Bonchev–Trinajstić information content (AvgIpc) is 3.10. The summed E-state index contributed by atoms with van der Waals surface area (Å²) in [6.45, 7) is 3.75. The molecule has 0 bridgehead atoms. The smallest absolute Gasteiger partial charge is 0.337 e. The lowest BCUT2D eigenvalue weighted by Gasteiger charge is -2.25. The Labute approximate surface area is 156 Å². The van der Waals surface area contributed by atoms with Crippen molar-refractivity contribution >= 4 is 29.2 Å². The summed E-state index contributed by atoms with van der Waals surface area (Å²) in [7, 11) is 1.29. The zero-order chi connectivity index (χ0) is 18.9. The lowest BCUT2D eigenvalue weighted by atomic mass is 9.83. The molecule has 2 aromatic carbocycles. The summed E-state index contributed by atoms with van der Waals surface area (Å²) in [5.74, 6) is 0.473. The zero-order valence-corrected chi connectivity index (χ0v) is 15.3. The van der Waals surface area contributed by atoms with Gasteiger partial charge >= 0.3 is 5.97 Å². The third-order valence-electron chi connectivity index (χ3n) is 4.30. The van der Waals surface area contributed by atoms with E-state index in [1.54, 1.807) is 26.0 Å². The van der Waals surface area contributed by atoms with Crippen molar-refractivity contribution in [2.75, 3.05) is 19.2 Å². The van der Waals surface area contributed by atoms with Crippen LogP contribution in [0.5, 0.6) is 11.5 Å². The molecular weight excluding hydrogens is 358 g/mol. The number of carbonyl (C=O) groups excluding carboxylic acids is 2. The molecule has 1 heterocycles. The molecule has 0 radical (unpaired) electrons. The second kappa shape index (κ2) is 6.88. The van der Waals surface area contributed by atoms with Gasteiger partial charge in [-0.05, 0) is 49.7 Å². The van der Waals surface area contributed by atoms with Gasteiger partial charge in [0.2, 0.25) is 12.7 Å². The molecule has 0 aromatic heterocycles. The van der Waals surface area contributed by atoms with Crippen molar-refractivity contribution in [1.82, 2.24) is 0 Å². The van der Waals surface area contributed by atoms with Gasteiger partial charge in [-0.1, -0.05) is 17.7 Å². The summed E-state index contributed by atoms with van der Waals surface area (Å²) in [4.78, 5) is 24.6. The maximum absolute atomic E-state index is 12.9. The van der Waals surface area contributed by atoms with Gasteiger partial charge in [-0.3, -0.25) is 4.79 Å². The predicted octanol–water partition coefficient (Wildman–Crippen LogP) is 3.77. The standard InChI is InChI=1S/C19H18ClNO5/c1-19(2,12-5-7-15-16(9-12)26-10-25-15)18(23)21-14-8-11(17(22)24-3)4-6-13(14)20/h4-9H,10H2,1-3H3,(H,21,23). The molecule has 136 valence electrons. The van der Waals surface area contributed by atoms with Crippen LogP contribution in [-0.4, -0.2) is 25.8 Å². The van der Waals surface area contributed by atoms with Gasteiger partial charge in [0, 0.05) is 0 Å². The van der Waals surface area contributed by atoms with Crippen molar-refractivity contribution in [3.05, 3.63) is 52.5 Å². The summed E-state index contributed by atoms with van der Waals surface area (Å²) in [5.41, 5.74) is 0.534. The molecule has 1 aliphatic rings. The molecule has 0 aliphatic carbocycles. The number of rotatable bonds is 4. The van der Waals surface area contributed by atoms with E-state index in [-0.39, 0.29) is 12.7 Å². The van der Waals surface area contributed by atoms with Crippen LogP contribution in [0.15, 0.2) is 36.4 Å². The molecule has 7 heteroatoms. The van der Waals surface area contributed by atoms with Crippen molar-refractivity contribution in [1.29, 1.82) is 0 Å². The normalized spacial score (nSPS) is 12.6. The van der Waals surface area contributed by atoms with Crippen LogP contribution >= 0.6 is 11.6 Å². The van der Waals surface area contributed by atoms with E-state index in [1.165, 1.54) is 25.3 Å². The second-order valence-corrected chi connectivity index (χ2v) is 6.74. The Bertz CT molecular complexity index is 878. The fourth-order valence-electron chi connectivity index (χ4n) is 2.56. The molecule has 3 rings (SSSR count). The number of halogens is 1. The highest BCUT2D eigenvalue weighted by molar-refractivity contribution is 6.34. The summed E-state index contributed by atoms with van der Waals surface area (Å²) in [5, 5.41) is 3.11. The number of amides is 1. The molecule has 1 aliphatic heterocycles. The molecule has 6 nitrogen and oxygen atoms in total. The van der Waals surface area contributed by atoms with Crippen molar-refractivity contribution in [2.45, 2.75) is 19.3 Å². The molecule has 0 unspecified atom stereocenters. The van der Waals surface area contributed by atoms with Gasteiger partial charge in [0.15, 0.2) is 11.5 Å². The van der Waals surface area contributed by atoms with Crippen LogP contribution < -0.4 is 14.8 Å². The fraction of sp³-hybridized carbons (Fsp3) is 0.263. The maximum Gasteiger partial charge on any atom is 0.337 e. The molecule has 0 spiro atoms. The maximum atomic E-state index is 12.9. The van der Waals surface area contributed by atoms with E-state index in [0.29, 0.717) is 27.8 Å². The topological polar surface area (TPSA) is 73.9 Å². The van der Waals surface area contributed by atoms with Crippen LogP contribution in [-0.2, 0) is 14.9 Å². The minimum Gasteiger partial charge on any atom is -0.465 e. The number of ether oxygens (including phenoxy) is 3. The number of nitrogens with one attached hydrogen (secondary N) is 1. The summed E-state index contributed by atoms with van der Waals surface area (Å²) in [6.07, 6.45) is 0. The highest BCUT2D eigenvalue weighted by Crippen LogP contribution is 2.37. The van der Waals surface area contributed by atoms with Crippen LogP contribution in [0.2, 0.25) is 5.02 Å². The molecule has 2 aromatic rings. The Hall–Kier alpha value is -2.73. The van der Waals surface area contributed by atoms with Gasteiger partial charge in [0.25, 0.3) is 0 Å². The molecule has 0 fully saturated rings. The van der Waals surface area contributed by atoms with Gasteiger partial charge < -0.3 is 19.5 Å². The van der Waals surface area contributed by atoms with Crippen molar-refractivity contribution < 1.29 is 23.8 Å². The molecule has 1 amide bonds. The van der Waals surface area contributed by atoms with E-state index in [9.17, 15) is 9.59 Å². The molecule has 0 saturated carbocycles. The summed E-state index contributed by atoms with van der Waals surface area (Å²) < 4.78 is 15.4. The third kappa shape index (κ3) is 3.32. The first-order chi connectivity index (χ1) is 12.3. The number of hydrogen-bond acceptors (Lipinski definition) is 5. The highest BCUT2D eigenvalue weighted by Gasteiger charge is 2.32. The van der Waals surface area contributed by atoms with E-state index in [0.717, 1.165) is 5.56 Å². The SMILES string of the molecule is COC(=O)c1ccc(Cl)c(NC(=O)C(C)(C)c2ccc3c(c2)OCO3)c1. The van der Waals surface area contributed by atoms with E-state index in [2.05, 4.69) is 5.32 Å². The van der Waals surface area contributed by atoms with Crippen LogP contribution in [0.1, 0.15) is 29.8 Å². The van der Waals surface area contributed by atoms with Crippen molar-refractivity contribution in [3.63, 3.8) is 0 Å². The number of hydrogen-bond donors (Lipinski definition) is 1. The van der Waals surface area contributed by atoms with E-state index in [1.807, 2.05) is 6.07 Å². The largest absolute Gasteiger partial charge is 0.465 e. The first-order valence-electron chi connectivity index (χ1n) is 7.92. The van der Waals surface area contributed by atoms with Gasteiger partial charge in [0.05, 0.1) is 28.8 Å². The van der Waals surface area contributed by atoms with E-state index >= 15 is 0 Å². The number of methoxy groups -OCH3 is 1. The number of esters is 1. The first kappa shape index (κ1) is 18.1. The second-order valence-electron chi connectivity index (χ2n) is 6.33. The predicted molar refractivity (Wildman–Crippen MR) is 97.0 cm³/mol. The Kier molecular flexibility index (Phi) is 4.78. The van der Waals surface area contributed by atoms with E-state index < -0.39 is 11.4 Å². The number of benzene rings is 2. The van der Waals surface area contributed by atoms with Gasteiger partial charge in [-0.25, -0.2) is 4.79 Å². The molecular formula is C19H18ClNO5. The van der Waals surface area contributed by atoms with Crippen molar-refractivity contribution in [3.8, 4) is 11.5 Å². The van der Waals surface area contributed by atoms with Crippen LogP contribution in [0, 0.1) is 0 Å². The molecule has 1 N–H and O–H groups in total. The Balaban J connectivity index is 1.86. The fourth-order valence-corrected chi connectivity index (χ4v) is 2.73. The van der Waals surface area contributed by atoms with Crippen molar-refractivity contribution in [2.24, 2.45) is 0 Å². The van der Waals surface area contributed by atoms with Gasteiger partial charge in [-0.2, -0.15) is 0 Å². The molecule has 0 atom stereocenters. The monoisotopic (exact) mass is 375 g/mol. The number of anilines is 1. The van der Waals surface area contributed by atoms with Crippen LogP contribution in [0.4, 0.5) is 5.69 Å². The minimum atomic E-state index is -0.869. The minimum absolute atomic E-state index is 0.168. The lowest BCUT2D eigenvalue weighted by Crippen LogP contribution is -2.34.